The van der Waals surface area contributed by atoms with Crippen LogP contribution in [0.1, 0.15) is 26.2 Å². The molecule has 0 heterocycles. The summed E-state index contributed by atoms with van der Waals surface area (Å²) >= 11 is 3.36. The fourth-order valence-electron chi connectivity index (χ4n) is 0.896. The van der Waals surface area contributed by atoms with Crippen LogP contribution < -0.4 is 4.72 Å². The Bertz CT molecular complexity index is 234. The molecule has 0 aromatic heterocycles. The largest absolute Gasteiger partial charge is 0.215 e. The molecule has 1 N–H and O–H groups in total. The summed E-state index contributed by atoms with van der Waals surface area (Å²) in [6.07, 6.45) is 2.50. The molecule has 1 rings (SSSR count). The number of nitrogens with one attached hydrogen (secondary N) is 1. The van der Waals surface area contributed by atoms with E-state index in [9.17, 15) is 8.42 Å². The van der Waals surface area contributed by atoms with Gasteiger partial charge in [-0.05, 0) is 19.3 Å². The van der Waals surface area contributed by atoms with E-state index in [-0.39, 0.29) is 5.25 Å². The van der Waals surface area contributed by atoms with Crippen LogP contribution in [0.3, 0.4) is 0 Å². The van der Waals surface area contributed by atoms with Crippen LogP contribution >= 0.6 is 15.9 Å². The average molecular weight is 256 g/mol. The molecule has 1 atom stereocenters. The lowest BCUT2D eigenvalue weighted by molar-refractivity contribution is 0.578. The molecule has 0 amide bonds. The van der Waals surface area contributed by atoms with E-state index in [0.717, 1.165) is 19.3 Å². The summed E-state index contributed by atoms with van der Waals surface area (Å²) in [7, 11) is -2.95. The Morgan fingerprint density at radius 1 is 1.58 bits per heavy atom. The first kappa shape index (κ1) is 10.5. The van der Waals surface area contributed by atoms with Gasteiger partial charge in [0.15, 0.2) is 0 Å². The molecule has 0 aliphatic heterocycles. The van der Waals surface area contributed by atoms with E-state index < -0.39 is 10.0 Å². The summed E-state index contributed by atoms with van der Waals surface area (Å²) in [5, 5.41) is -0.0943. The maximum Gasteiger partial charge on any atom is 0.214 e. The highest BCUT2D eigenvalue weighted by Crippen LogP contribution is 2.27. The van der Waals surface area contributed by atoms with Gasteiger partial charge >= 0.3 is 0 Å². The topological polar surface area (TPSA) is 46.2 Å². The van der Waals surface area contributed by atoms with Crippen LogP contribution in [0.2, 0.25) is 0 Å². The van der Waals surface area contributed by atoms with Gasteiger partial charge in [0.25, 0.3) is 0 Å². The molecule has 0 saturated heterocycles. The third kappa shape index (κ3) is 3.41. The molecule has 5 heteroatoms. The van der Waals surface area contributed by atoms with Crippen LogP contribution in [-0.4, -0.2) is 25.0 Å². The molecule has 0 radical (unpaired) electrons. The van der Waals surface area contributed by atoms with Gasteiger partial charge < -0.3 is 0 Å². The van der Waals surface area contributed by atoms with Crippen molar-refractivity contribution in [2.24, 2.45) is 0 Å². The third-order valence-electron chi connectivity index (χ3n) is 1.81. The van der Waals surface area contributed by atoms with E-state index in [1.165, 1.54) is 0 Å². The minimum atomic E-state index is -2.95. The SMILES string of the molecule is CC(Br)CCNS(=O)(=O)C1CC1. The van der Waals surface area contributed by atoms with Gasteiger partial charge in [-0.15, -0.1) is 0 Å². The second-order valence-corrected chi connectivity index (χ2v) is 6.82. The highest BCUT2D eigenvalue weighted by molar-refractivity contribution is 9.09. The average Bonchev–Trinajstić information content (AvgIpc) is 2.65. The van der Waals surface area contributed by atoms with E-state index in [1.54, 1.807) is 0 Å². The highest BCUT2D eigenvalue weighted by Gasteiger charge is 2.35. The molecular weight excluding hydrogens is 242 g/mol. The van der Waals surface area contributed by atoms with Crippen LogP contribution in [0.5, 0.6) is 0 Å². The number of sulfonamides is 1. The van der Waals surface area contributed by atoms with Gasteiger partial charge in [-0.3, -0.25) is 0 Å². The quantitative estimate of drug-likeness (QED) is 0.752. The smallest absolute Gasteiger partial charge is 0.214 e. The zero-order valence-electron chi connectivity index (χ0n) is 7.09. The maximum absolute atomic E-state index is 11.2. The lowest BCUT2D eigenvalue weighted by Crippen LogP contribution is -2.28. The standard InChI is InChI=1S/C7H14BrNO2S/c1-6(8)4-5-9-12(10,11)7-2-3-7/h6-7,9H,2-5H2,1H3. The van der Waals surface area contributed by atoms with E-state index in [4.69, 9.17) is 0 Å². The number of hydrogen-bond donors (Lipinski definition) is 1. The molecule has 3 nitrogen and oxygen atoms in total. The predicted molar refractivity (Wildman–Crippen MR) is 53.0 cm³/mol. The molecule has 1 saturated carbocycles. The Morgan fingerprint density at radius 3 is 2.58 bits per heavy atom. The van der Waals surface area contributed by atoms with E-state index in [2.05, 4.69) is 20.7 Å². The molecular formula is C7H14BrNO2S. The van der Waals surface area contributed by atoms with Crippen molar-refractivity contribution in [2.75, 3.05) is 6.54 Å². The fourth-order valence-corrected chi connectivity index (χ4v) is 2.52. The second-order valence-electron chi connectivity index (χ2n) is 3.21. The van der Waals surface area contributed by atoms with Crippen LogP contribution in [-0.2, 0) is 10.0 Å². The minimum Gasteiger partial charge on any atom is -0.215 e. The van der Waals surface area contributed by atoms with E-state index >= 15 is 0 Å². The number of rotatable bonds is 5. The molecule has 1 fully saturated rings. The maximum atomic E-state index is 11.2. The highest BCUT2D eigenvalue weighted by atomic mass is 79.9. The van der Waals surface area contributed by atoms with Crippen molar-refractivity contribution in [1.82, 2.24) is 4.72 Å². The molecule has 1 aliphatic rings. The number of halogens is 1. The summed E-state index contributed by atoms with van der Waals surface area (Å²) in [6.45, 7) is 2.55. The monoisotopic (exact) mass is 255 g/mol. The van der Waals surface area contributed by atoms with E-state index in [1.807, 2.05) is 6.92 Å². The first-order chi connectivity index (χ1) is 5.52. The van der Waals surface area contributed by atoms with E-state index in [0.29, 0.717) is 11.4 Å². The third-order valence-corrected chi connectivity index (χ3v) is 4.22. The fraction of sp³-hybridized carbons (Fsp3) is 1.00. The van der Waals surface area contributed by atoms with Crippen molar-refractivity contribution < 1.29 is 8.42 Å². The number of alkyl halides is 1. The summed E-state index contributed by atoms with van der Waals surface area (Å²) in [6, 6.07) is 0. The zero-order chi connectivity index (χ0) is 9.19. The van der Waals surface area contributed by atoms with Gasteiger partial charge in [-0.1, -0.05) is 22.9 Å². The normalized spacial score (nSPS) is 20.8. The minimum absolute atomic E-state index is 0.0943. The summed E-state index contributed by atoms with van der Waals surface area (Å²) in [4.78, 5) is 0.374. The van der Waals surface area contributed by atoms with Crippen molar-refractivity contribution >= 4 is 26.0 Å². The van der Waals surface area contributed by atoms with Gasteiger partial charge in [0, 0.05) is 11.4 Å². The number of hydrogen-bond acceptors (Lipinski definition) is 2. The van der Waals surface area contributed by atoms with Crippen molar-refractivity contribution in [3.8, 4) is 0 Å². The predicted octanol–water partition coefficient (Wildman–Crippen LogP) is 1.24. The second kappa shape index (κ2) is 4.07. The molecule has 12 heavy (non-hydrogen) atoms. The van der Waals surface area contributed by atoms with Gasteiger partial charge in [0.1, 0.15) is 0 Å². The Labute approximate surface area is 82.1 Å². The molecule has 0 bridgehead atoms. The van der Waals surface area contributed by atoms with Crippen LogP contribution in [0.25, 0.3) is 0 Å². The zero-order valence-corrected chi connectivity index (χ0v) is 9.49. The summed E-state index contributed by atoms with van der Waals surface area (Å²) < 4.78 is 25.1. The molecule has 0 aromatic rings. The van der Waals surface area contributed by atoms with Gasteiger partial charge in [-0.25, -0.2) is 13.1 Å². The molecule has 0 aromatic carbocycles. The Morgan fingerprint density at radius 2 is 2.17 bits per heavy atom. The summed E-state index contributed by atoms with van der Waals surface area (Å²) in [5.74, 6) is 0. The van der Waals surface area contributed by atoms with Crippen molar-refractivity contribution in [3.63, 3.8) is 0 Å². The lowest BCUT2D eigenvalue weighted by Gasteiger charge is -2.05. The molecule has 1 aliphatic carbocycles. The molecule has 72 valence electrons. The van der Waals surface area contributed by atoms with Crippen molar-refractivity contribution in [3.05, 3.63) is 0 Å². The van der Waals surface area contributed by atoms with Crippen LogP contribution in [0, 0.1) is 0 Å². The Kier molecular flexibility index (Phi) is 3.55. The Hall–Kier alpha value is 0.390. The lowest BCUT2D eigenvalue weighted by atomic mass is 10.3. The van der Waals surface area contributed by atoms with Crippen molar-refractivity contribution in [2.45, 2.75) is 36.3 Å². The van der Waals surface area contributed by atoms with Crippen LogP contribution in [0.4, 0.5) is 0 Å². The van der Waals surface area contributed by atoms with Crippen molar-refractivity contribution in [1.29, 1.82) is 0 Å². The van der Waals surface area contributed by atoms with Gasteiger partial charge in [-0.2, -0.15) is 0 Å². The van der Waals surface area contributed by atoms with Gasteiger partial charge in [0.05, 0.1) is 5.25 Å². The van der Waals surface area contributed by atoms with Crippen LogP contribution in [0.15, 0.2) is 0 Å². The first-order valence-electron chi connectivity index (χ1n) is 4.15. The first-order valence-corrected chi connectivity index (χ1v) is 6.61. The van der Waals surface area contributed by atoms with Gasteiger partial charge in [0.2, 0.25) is 10.0 Å². The summed E-state index contributed by atoms with van der Waals surface area (Å²) in [5.41, 5.74) is 0. The molecule has 0 spiro atoms. The Balaban J connectivity index is 2.21. The molecule has 1 unspecified atom stereocenters.